The quantitative estimate of drug-likeness (QED) is 0.798. The number of piperidine rings is 1. The second-order valence-electron chi connectivity index (χ2n) is 7.13. The van der Waals surface area contributed by atoms with Crippen molar-refractivity contribution >= 4 is 18.2 Å². The van der Waals surface area contributed by atoms with Crippen molar-refractivity contribution in [2.75, 3.05) is 33.4 Å². The predicted molar refractivity (Wildman–Crippen MR) is 88.5 cm³/mol. The molecule has 7 heteroatoms. The van der Waals surface area contributed by atoms with E-state index in [-0.39, 0.29) is 6.09 Å². The molecule has 2 fully saturated rings. The van der Waals surface area contributed by atoms with Gasteiger partial charge in [0, 0.05) is 37.4 Å². The number of ether oxygens (including phenoxy) is 2. The molecule has 2 aliphatic heterocycles. The van der Waals surface area contributed by atoms with E-state index < -0.39 is 5.60 Å². The van der Waals surface area contributed by atoms with Crippen molar-refractivity contribution in [1.82, 2.24) is 13.9 Å². The van der Waals surface area contributed by atoms with Crippen LogP contribution in [0.25, 0.3) is 0 Å². The fourth-order valence-electron chi connectivity index (χ4n) is 2.91. The zero-order valence-electron chi connectivity index (χ0n) is 14.1. The Balaban J connectivity index is 1.91. The smallest absolute Gasteiger partial charge is 0.418 e. The van der Waals surface area contributed by atoms with Gasteiger partial charge in [-0.2, -0.15) is 0 Å². The molecule has 0 aromatic rings. The van der Waals surface area contributed by atoms with E-state index in [1.807, 2.05) is 20.8 Å². The highest BCUT2D eigenvalue weighted by atomic mass is 32.2. The molecule has 2 heterocycles. The van der Waals surface area contributed by atoms with Crippen molar-refractivity contribution in [3.8, 4) is 0 Å². The van der Waals surface area contributed by atoms with E-state index in [1.165, 1.54) is 18.6 Å². The lowest BCUT2D eigenvalue weighted by molar-refractivity contribution is 0.0569. The Hall–Kier alpha value is -0.500. The first-order valence-corrected chi connectivity index (χ1v) is 8.83. The summed E-state index contributed by atoms with van der Waals surface area (Å²) in [5.74, 6) is 0. The molecule has 0 aromatic carbocycles. The number of hydrogen-bond acceptors (Lipinski definition) is 6. The molecular weight excluding hydrogens is 302 g/mol. The zero-order valence-corrected chi connectivity index (χ0v) is 14.9. The Morgan fingerprint density at radius 1 is 1.36 bits per heavy atom. The molecule has 0 aromatic heterocycles. The largest absolute Gasteiger partial charge is 0.443 e. The third kappa shape index (κ3) is 5.61. The van der Waals surface area contributed by atoms with Crippen LogP contribution in [-0.4, -0.2) is 66.3 Å². The summed E-state index contributed by atoms with van der Waals surface area (Å²) in [4.78, 5) is 14.3. The van der Waals surface area contributed by atoms with Crippen LogP contribution in [0.2, 0.25) is 0 Å². The molecule has 22 heavy (non-hydrogen) atoms. The van der Waals surface area contributed by atoms with E-state index in [9.17, 15) is 4.79 Å². The van der Waals surface area contributed by atoms with Crippen LogP contribution in [-0.2, 0) is 9.47 Å². The normalized spacial score (nSPS) is 27.1. The number of likely N-dealkylation sites (N-methyl/N-ethyl adjacent to an activating group) is 1. The molecular formula is C15H29N3O3S. The molecule has 2 atom stereocenters. The Morgan fingerprint density at radius 3 is 2.73 bits per heavy atom. The van der Waals surface area contributed by atoms with Crippen LogP contribution in [0.15, 0.2) is 0 Å². The van der Waals surface area contributed by atoms with Gasteiger partial charge in [-0.15, -0.1) is 0 Å². The van der Waals surface area contributed by atoms with Crippen LogP contribution in [0.5, 0.6) is 0 Å². The van der Waals surface area contributed by atoms with E-state index in [2.05, 4.69) is 21.0 Å². The maximum absolute atomic E-state index is 11.9. The third-order valence-electron chi connectivity index (χ3n) is 3.86. The first-order valence-electron chi connectivity index (χ1n) is 8.06. The zero-order chi connectivity index (χ0) is 16.2. The van der Waals surface area contributed by atoms with E-state index in [4.69, 9.17) is 9.47 Å². The van der Waals surface area contributed by atoms with E-state index >= 15 is 0 Å². The van der Waals surface area contributed by atoms with Gasteiger partial charge in [0.25, 0.3) is 0 Å². The minimum atomic E-state index is -0.475. The Kier molecular flexibility index (Phi) is 6.37. The summed E-state index contributed by atoms with van der Waals surface area (Å²) in [5, 5.41) is 0. The molecule has 0 saturated carbocycles. The van der Waals surface area contributed by atoms with Crippen molar-refractivity contribution in [2.24, 2.45) is 0 Å². The minimum Gasteiger partial charge on any atom is -0.443 e. The predicted octanol–water partition coefficient (Wildman–Crippen LogP) is 2.26. The van der Waals surface area contributed by atoms with Crippen molar-refractivity contribution < 1.29 is 14.3 Å². The van der Waals surface area contributed by atoms with Gasteiger partial charge in [0.15, 0.2) is 0 Å². The van der Waals surface area contributed by atoms with Crippen LogP contribution in [0.1, 0.15) is 40.0 Å². The number of carbonyl (C=O) groups excluding carboxylic acids is 1. The lowest BCUT2D eigenvalue weighted by atomic mass is 10.0. The Bertz CT molecular complexity index is 370. The number of nitrogens with one attached hydrogen (secondary N) is 1. The van der Waals surface area contributed by atoms with Gasteiger partial charge in [-0.3, -0.25) is 4.72 Å². The van der Waals surface area contributed by atoms with E-state index in [1.54, 1.807) is 0 Å². The van der Waals surface area contributed by atoms with Crippen molar-refractivity contribution in [3.63, 3.8) is 0 Å². The Morgan fingerprint density at radius 2 is 2.14 bits per heavy atom. The van der Waals surface area contributed by atoms with Gasteiger partial charge in [-0.05, 0) is 53.6 Å². The van der Waals surface area contributed by atoms with Crippen molar-refractivity contribution in [1.29, 1.82) is 0 Å². The van der Waals surface area contributed by atoms with Gasteiger partial charge < -0.3 is 14.4 Å². The monoisotopic (exact) mass is 331 g/mol. The first kappa shape index (κ1) is 17.8. The maximum Gasteiger partial charge on any atom is 0.418 e. The topological polar surface area (TPSA) is 54.0 Å². The second kappa shape index (κ2) is 7.86. The Labute approximate surface area is 138 Å². The average Bonchev–Trinajstić information content (AvgIpc) is 2.91. The fraction of sp³-hybridized carbons (Fsp3) is 0.933. The summed E-state index contributed by atoms with van der Waals surface area (Å²) < 4.78 is 16.0. The molecule has 2 unspecified atom stereocenters. The van der Waals surface area contributed by atoms with Crippen LogP contribution in [0.3, 0.4) is 0 Å². The van der Waals surface area contributed by atoms with Crippen molar-refractivity contribution in [2.45, 2.75) is 57.7 Å². The molecule has 0 aliphatic carbocycles. The molecule has 6 nitrogen and oxygen atoms in total. The number of rotatable bonds is 4. The number of nitrogens with zero attached hydrogens (tertiary/aromatic N) is 2. The lowest BCUT2D eigenvalue weighted by Crippen LogP contribution is -2.49. The van der Waals surface area contributed by atoms with E-state index in [0.29, 0.717) is 12.1 Å². The van der Waals surface area contributed by atoms with Gasteiger partial charge in [-0.25, -0.2) is 9.10 Å². The fourth-order valence-corrected chi connectivity index (χ4v) is 3.76. The highest BCUT2D eigenvalue weighted by Gasteiger charge is 2.33. The van der Waals surface area contributed by atoms with Gasteiger partial charge in [0.1, 0.15) is 5.60 Å². The number of carbonyl (C=O) groups is 1. The first-order chi connectivity index (χ1) is 10.3. The molecule has 2 aliphatic rings. The third-order valence-corrected chi connectivity index (χ3v) is 4.92. The van der Waals surface area contributed by atoms with Gasteiger partial charge >= 0.3 is 6.09 Å². The lowest BCUT2D eigenvalue weighted by Gasteiger charge is -2.39. The van der Waals surface area contributed by atoms with Crippen LogP contribution >= 0.6 is 12.1 Å². The molecule has 128 valence electrons. The van der Waals surface area contributed by atoms with Crippen molar-refractivity contribution in [3.05, 3.63) is 0 Å². The van der Waals surface area contributed by atoms with Crippen LogP contribution < -0.4 is 4.72 Å². The number of likely N-dealkylation sites (tertiary alicyclic amines) is 1. The summed E-state index contributed by atoms with van der Waals surface area (Å²) in [5.41, 5.74) is -0.475. The number of hydrogen-bond donors (Lipinski definition) is 1. The molecule has 2 saturated heterocycles. The highest BCUT2D eigenvalue weighted by molar-refractivity contribution is 7.95. The number of amides is 1. The summed E-state index contributed by atoms with van der Waals surface area (Å²) in [6, 6.07) is 0.793. The maximum atomic E-state index is 11.9. The minimum absolute atomic E-state index is 0.358. The van der Waals surface area contributed by atoms with Gasteiger partial charge in [0.2, 0.25) is 0 Å². The van der Waals surface area contributed by atoms with E-state index in [0.717, 1.165) is 39.1 Å². The second-order valence-corrected chi connectivity index (χ2v) is 7.94. The summed E-state index contributed by atoms with van der Waals surface area (Å²) in [6.45, 7) is 9.33. The highest BCUT2D eigenvalue weighted by Crippen LogP contribution is 2.27. The van der Waals surface area contributed by atoms with Gasteiger partial charge in [0.05, 0.1) is 6.61 Å². The summed E-state index contributed by atoms with van der Waals surface area (Å²) in [6.07, 6.45) is 2.98. The average molecular weight is 331 g/mol. The summed E-state index contributed by atoms with van der Waals surface area (Å²) >= 11 is 1.38. The molecule has 0 spiro atoms. The molecule has 0 bridgehead atoms. The van der Waals surface area contributed by atoms with Crippen LogP contribution in [0, 0.1) is 0 Å². The standard InChI is InChI=1S/C15H29N3O3S/c1-15(2,3)21-14(19)16-22-18(13-7-9-20-11-13)12-6-5-8-17(4)10-12/h12-13H,5-11H2,1-4H3,(H,16,19). The SMILES string of the molecule is CN1CCCC(N(SNC(=O)OC(C)(C)C)C2CCOC2)C1. The molecule has 2 rings (SSSR count). The van der Waals surface area contributed by atoms with Gasteiger partial charge in [-0.1, -0.05) is 0 Å². The molecule has 1 amide bonds. The summed E-state index contributed by atoms with van der Waals surface area (Å²) in [7, 11) is 2.15. The van der Waals surface area contributed by atoms with Crippen LogP contribution in [0.4, 0.5) is 4.79 Å². The molecule has 1 N–H and O–H groups in total. The molecule has 0 radical (unpaired) electrons.